The number of para-hydroxylation sites is 1. The molecule has 0 radical (unpaired) electrons. The van der Waals surface area contributed by atoms with Gasteiger partial charge in [-0.1, -0.05) is 29.8 Å². The Labute approximate surface area is 121 Å². The van der Waals surface area contributed by atoms with Crippen molar-refractivity contribution in [1.82, 2.24) is 4.57 Å². The Balaban J connectivity index is 2.68. The standard InChI is InChI=1S/C19H23N/c1-12-10-14(3)18-16(11-12)15-9-7-8-13(2)17(15)20(18)19(4,5)6/h7-11H,1-6H3. The van der Waals surface area contributed by atoms with Gasteiger partial charge in [0.2, 0.25) is 0 Å². The van der Waals surface area contributed by atoms with E-state index in [9.17, 15) is 0 Å². The fourth-order valence-electron chi connectivity index (χ4n) is 3.42. The number of hydrogen-bond acceptors (Lipinski definition) is 0. The molecule has 0 N–H and O–H groups in total. The lowest BCUT2D eigenvalue weighted by atomic mass is 10.0. The van der Waals surface area contributed by atoms with Gasteiger partial charge in [-0.3, -0.25) is 0 Å². The average Bonchev–Trinajstić information content (AvgIpc) is 2.65. The second-order valence-electron chi connectivity index (χ2n) is 6.96. The van der Waals surface area contributed by atoms with Crippen LogP contribution >= 0.6 is 0 Å². The average molecular weight is 265 g/mol. The minimum atomic E-state index is 0.0755. The Morgan fingerprint density at radius 3 is 2.10 bits per heavy atom. The summed E-state index contributed by atoms with van der Waals surface area (Å²) >= 11 is 0. The molecule has 104 valence electrons. The quantitative estimate of drug-likeness (QED) is 0.507. The van der Waals surface area contributed by atoms with Crippen molar-refractivity contribution >= 4 is 21.8 Å². The molecule has 20 heavy (non-hydrogen) atoms. The number of hydrogen-bond donors (Lipinski definition) is 0. The molecule has 0 aliphatic carbocycles. The van der Waals surface area contributed by atoms with Gasteiger partial charge in [0.05, 0.1) is 11.0 Å². The van der Waals surface area contributed by atoms with E-state index in [4.69, 9.17) is 0 Å². The van der Waals surface area contributed by atoms with Crippen LogP contribution in [0.3, 0.4) is 0 Å². The van der Waals surface area contributed by atoms with Gasteiger partial charge in [-0.05, 0) is 58.7 Å². The minimum Gasteiger partial charge on any atom is -0.335 e. The highest BCUT2D eigenvalue weighted by molar-refractivity contribution is 6.10. The molecule has 3 rings (SSSR count). The number of aryl methyl sites for hydroxylation is 3. The highest BCUT2D eigenvalue weighted by Gasteiger charge is 2.22. The summed E-state index contributed by atoms with van der Waals surface area (Å²) in [6.45, 7) is 13.5. The first kappa shape index (κ1) is 13.2. The van der Waals surface area contributed by atoms with E-state index in [1.807, 2.05) is 0 Å². The molecule has 0 saturated carbocycles. The summed E-state index contributed by atoms with van der Waals surface area (Å²) in [5.74, 6) is 0. The molecular weight excluding hydrogens is 242 g/mol. The fourth-order valence-corrected chi connectivity index (χ4v) is 3.42. The van der Waals surface area contributed by atoms with E-state index >= 15 is 0 Å². The van der Waals surface area contributed by atoms with Gasteiger partial charge >= 0.3 is 0 Å². The Bertz CT molecular complexity index is 813. The number of nitrogens with zero attached hydrogens (tertiary/aromatic N) is 1. The highest BCUT2D eigenvalue weighted by atomic mass is 15.1. The van der Waals surface area contributed by atoms with Crippen LogP contribution in [-0.2, 0) is 5.54 Å². The lowest BCUT2D eigenvalue weighted by Crippen LogP contribution is -2.22. The van der Waals surface area contributed by atoms with Crippen LogP contribution < -0.4 is 0 Å². The molecule has 0 atom stereocenters. The molecule has 0 aliphatic heterocycles. The van der Waals surface area contributed by atoms with E-state index in [0.717, 1.165) is 0 Å². The van der Waals surface area contributed by atoms with Crippen molar-refractivity contribution in [1.29, 1.82) is 0 Å². The van der Waals surface area contributed by atoms with Gasteiger partial charge < -0.3 is 4.57 Å². The first-order chi connectivity index (χ1) is 9.30. The summed E-state index contributed by atoms with van der Waals surface area (Å²) in [5.41, 5.74) is 6.89. The first-order valence-electron chi connectivity index (χ1n) is 7.32. The summed E-state index contributed by atoms with van der Waals surface area (Å²) < 4.78 is 2.52. The Morgan fingerprint density at radius 1 is 0.800 bits per heavy atom. The van der Waals surface area contributed by atoms with Gasteiger partial charge in [-0.25, -0.2) is 0 Å². The van der Waals surface area contributed by atoms with Crippen molar-refractivity contribution in [3.8, 4) is 0 Å². The molecule has 0 unspecified atom stereocenters. The topological polar surface area (TPSA) is 4.93 Å². The van der Waals surface area contributed by atoms with Gasteiger partial charge in [-0.15, -0.1) is 0 Å². The van der Waals surface area contributed by atoms with Gasteiger partial charge in [0.1, 0.15) is 0 Å². The van der Waals surface area contributed by atoms with E-state index in [2.05, 4.69) is 76.4 Å². The zero-order chi connectivity index (χ0) is 14.7. The summed E-state index contributed by atoms with van der Waals surface area (Å²) in [6.07, 6.45) is 0. The maximum Gasteiger partial charge on any atom is 0.0526 e. The van der Waals surface area contributed by atoms with Gasteiger partial charge in [-0.2, -0.15) is 0 Å². The van der Waals surface area contributed by atoms with E-state index in [0.29, 0.717) is 0 Å². The van der Waals surface area contributed by atoms with Crippen molar-refractivity contribution in [2.75, 3.05) is 0 Å². The van der Waals surface area contributed by atoms with Crippen molar-refractivity contribution in [3.63, 3.8) is 0 Å². The number of rotatable bonds is 0. The Morgan fingerprint density at radius 2 is 1.45 bits per heavy atom. The summed E-state index contributed by atoms with van der Waals surface area (Å²) in [7, 11) is 0. The molecule has 1 heterocycles. The van der Waals surface area contributed by atoms with Crippen LogP contribution in [0.1, 0.15) is 37.5 Å². The second-order valence-corrected chi connectivity index (χ2v) is 6.96. The van der Waals surface area contributed by atoms with Crippen LogP contribution in [0, 0.1) is 20.8 Å². The second kappa shape index (κ2) is 4.12. The molecule has 0 spiro atoms. The first-order valence-corrected chi connectivity index (χ1v) is 7.32. The molecule has 2 aromatic carbocycles. The van der Waals surface area contributed by atoms with Crippen molar-refractivity contribution in [2.24, 2.45) is 0 Å². The third-order valence-corrected chi connectivity index (χ3v) is 4.09. The predicted molar refractivity (Wildman–Crippen MR) is 88.7 cm³/mol. The van der Waals surface area contributed by atoms with Gasteiger partial charge in [0.25, 0.3) is 0 Å². The van der Waals surface area contributed by atoms with E-state index in [-0.39, 0.29) is 5.54 Å². The molecular formula is C19H23N. The SMILES string of the molecule is Cc1cc(C)c2c(c1)c1cccc(C)c1n2C(C)(C)C. The highest BCUT2D eigenvalue weighted by Crippen LogP contribution is 2.37. The van der Waals surface area contributed by atoms with Gasteiger partial charge in [0, 0.05) is 16.3 Å². The lowest BCUT2D eigenvalue weighted by Gasteiger charge is -2.25. The number of fused-ring (bicyclic) bond motifs is 3. The fraction of sp³-hybridized carbons (Fsp3) is 0.368. The normalized spacial score (nSPS) is 12.5. The van der Waals surface area contributed by atoms with Crippen LogP contribution in [0.2, 0.25) is 0 Å². The molecule has 0 aliphatic rings. The third-order valence-electron chi connectivity index (χ3n) is 4.09. The molecule has 1 heteroatoms. The zero-order valence-corrected chi connectivity index (χ0v) is 13.3. The number of aromatic nitrogens is 1. The Kier molecular flexibility index (Phi) is 2.72. The van der Waals surface area contributed by atoms with E-state index in [1.54, 1.807) is 0 Å². The molecule has 0 fully saturated rings. The molecule has 1 aromatic heterocycles. The van der Waals surface area contributed by atoms with Crippen molar-refractivity contribution < 1.29 is 0 Å². The predicted octanol–water partition coefficient (Wildman–Crippen LogP) is 5.47. The minimum absolute atomic E-state index is 0.0755. The van der Waals surface area contributed by atoms with Gasteiger partial charge in [0.15, 0.2) is 0 Å². The van der Waals surface area contributed by atoms with E-state index in [1.165, 1.54) is 38.5 Å². The van der Waals surface area contributed by atoms with Crippen LogP contribution in [-0.4, -0.2) is 4.57 Å². The molecule has 0 saturated heterocycles. The molecule has 0 bridgehead atoms. The largest absolute Gasteiger partial charge is 0.335 e. The molecule has 1 nitrogen and oxygen atoms in total. The summed E-state index contributed by atoms with van der Waals surface area (Å²) in [6, 6.07) is 11.3. The Hall–Kier alpha value is -1.76. The van der Waals surface area contributed by atoms with E-state index < -0.39 is 0 Å². The van der Waals surface area contributed by atoms with Crippen molar-refractivity contribution in [3.05, 3.63) is 47.0 Å². The molecule has 3 aromatic rings. The van der Waals surface area contributed by atoms with Crippen molar-refractivity contribution in [2.45, 2.75) is 47.1 Å². The molecule has 0 amide bonds. The van der Waals surface area contributed by atoms with Crippen LogP contribution in [0.15, 0.2) is 30.3 Å². The smallest absolute Gasteiger partial charge is 0.0526 e. The number of benzene rings is 2. The van der Waals surface area contributed by atoms with Crippen LogP contribution in [0.5, 0.6) is 0 Å². The summed E-state index contributed by atoms with van der Waals surface area (Å²) in [4.78, 5) is 0. The third kappa shape index (κ3) is 1.76. The summed E-state index contributed by atoms with van der Waals surface area (Å²) in [5, 5.41) is 2.76. The maximum atomic E-state index is 2.52. The maximum absolute atomic E-state index is 2.52. The lowest BCUT2D eigenvalue weighted by molar-refractivity contribution is 0.422. The van der Waals surface area contributed by atoms with Crippen LogP contribution in [0.4, 0.5) is 0 Å². The zero-order valence-electron chi connectivity index (χ0n) is 13.3. The van der Waals surface area contributed by atoms with Crippen LogP contribution in [0.25, 0.3) is 21.8 Å². The monoisotopic (exact) mass is 265 g/mol.